The Kier molecular flexibility index (Phi) is 2.84. The van der Waals surface area contributed by atoms with E-state index in [0.29, 0.717) is 11.9 Å². The monoisotopic (exact) mass is 209 g/mol. The van der Waals surface area contributed by atoms with Crippen LogP contribution in [0.4, 0.5) is 10.2 Å². The molecule has 2 heterocycles. The standard InChI is InChI=1S/C11H16FN3/c1-8-3-4-15(9(2)5-8)11-6-10(12)13-7-14-11/h6-9H,3-5H2,1-2H3. The lowest BCUT2D eigenvalue weighted by Crippen LogP contribution is -2.40. The van der Waals surface area contributed by atoms with Crippen LogP contribution in [0.5, 0.6) is 0 Å². The maximum Gasteiger partial charge on any atom is 0.218 e. The van der Waals surface area contributed by atoms with E-state index in [4.69, 9.17) is 0 Å². The minimum absolute atomic E-state index is 0.433. The molecule has 2 atom stereocenters. The molecule has 1 aliphatic heterocycles. The van der Waals surface area contributed by atoms with Gasteiger partial charge in [-0.2, -0.15) is 4.39 Å². The number of anilines is 1. The van der Waals surface area contributed by atoms with Crippen LogP contribution in [0.3, 0.4) is 0 Å². The normalized spacial score (nSPS) is 26.7. The second-order valence-corrected chi connectivity index (χ2v) is 4.37. The molecule has 4 heteroatoms. The molecular weight excluding hydrogens is 193 g/mol. The smallest absolute Gasteiger partial charge is 0.218 e. The molecule has 0 spiro atoms. The Balaban J connectivity index is 2.17. The zero-order chi connectivity index (χ0) is 10.8. The Bertz CT molecular complexity index is 342. The Morgan fingerprint density at radius 2 is 2.20 bits per heavy atom. The molecule has 0 saturated carbocycles. The second kappa shape index (κ2) is 4.13. The van der Waals surface area contributed by atoms with E-state index in [1.807, 2.05) is 0 Å². The van der Waals surface area contributed by atoms with Crippen molar-refractivity contribution < 1.29 is 4.39 Å². The van der Waals surface area contributed by atoms with Crippen LogP contribution >= 0.6 is 0 Å². The minimum atomic E-state index is -0.453. The van der Waals surface area contributed by atoms with Crippen LogP contribution in [0.15, 0.2) is 12.4 Å². The van der Waals surface area contributed by atoms with E-state index in [2.05, 4.69) is 28.7 Å². The van der Waals surface area contributed by atoms with E-state index in [1.165, 1.54) is 12.4 Å². The highest BCUT2D eigenvalue weighted by Gasteiger charge is 2.23. The van der Waals surface area contributed by atoms with Gasteiger partial charge in [-0.3, -0.25) is 0 Å². The van der Waals surface area contributed by atoms with E-state index >= 15 is 0 Å². The van der Waals surface area contributed by atoms with Crippen molar-refractivity contribution in [1.29, 1.82) is 0 Å². The Labute approximate surface area is 89.3 Å². The average molecular weight is 209 g/mol. The average Bonchev–Trinajstić information content (AvgIpc) is 2.17. The number of aromatic nitrogens is 2. The molecule has 15 heavy (non-hydrogen) atoms. The van der Waals surface area contributed by atoms with E-state index < -0.39 is 5.95 Å². The number of rotatable bonds is 1. The van der Waals surface area contributed by atoms with E-state index in [0.717, 1.165) is 25.3 Å². The van der Waals surface area contributed by atoms with Crippen LogP contribution in [0.2, 0.25) is 0 Å². The highest BCUT2D eigenvalue weighted by atomic mass is 19.1. The molecule has 82 valence electrons. The van der Waals surface area contributed by atoms with Gasteiger partial charge in [-0.1, -0.05) is 6.92 Å². The lowest BCUT2D eigenvalue weighted by molar-refractivity contribution is 0.375. The number of piperidine rings is 1. The molecule has 1 fully saturated rings. The van der Waals surface area contributed by atoms with Crippen molar-refractivity contribution in [2.75, 3.05) is 11.4 Å². The molecule has 0 radical (unpaired) electrons. The van der Waals surface area contributed by atoms with Crippen molar-refractivity contribution in [2.45, 2.75) is 32.7 Å². The first-order chi connectivity index (χ1) is 7.16. The maximum atomic E-state index is 12.9. The lowest BCUT2D eigenvalue weighted by Gasteiger charge is -2.37. The van der Waals surface area contributed by atoms with Gasteiger partial charge in [0.1, 0.15) is 12.1 Å². The van der Waals surface area contributed by atoms with Gasteiger partial charge < -0.3 is 4.90 Å². The topological polar surface area (TPSA) is 29.0 Å². The zero-order valence-electron chi connectivity index (χ0n) is 9.15. The first-order valence-corrected chi connectivity index (χ1v) is 5.41. The number of hydrogen-bond acceptors (Lipinski definition) is 3. The van der Waals surface area contributed by atoms with Gasteiger partial charge in [-0.25, -0.2) is 9.97 Å². The Morgan fingerprint density at radius 1 is 1.40 bits per heavy atom. The molecule has 0 aliphatic carbocycles. The fourth-order valence-electron chi connectivity index (χ4n) is 2.23. The molecule has 0 amide bonds. The fourth-order valence-corrected chi connectivity index (χ4v) is 2.23. The van der Waals surface area contributed by atoms with Crippen LogP contribution in [0.25, 0.3) is 0 Å². The molecule has 3 nitrogen and oxygen atoms in total. The maximum absolute atomic E-state index is 12.9. The molecular formula is C11H16FN3. The third-order valence-corrected chi connectivity index (χ3v) is 3.05. The molecule has 0 bridgehead atoms. The predicted octanol–water partition coefficient (Wildman–Crippen LogP) is 2.24. The highest BCUT2D eigenvalue weighted by Crippen LogP contribution is 2.26. The van der Waals surface area contributed by atoms with Crippen LogP contribution in [0.1, 0.15) is 26.7 Å². The summed E-state index contributed by atoms with van der Waals surface area (Å²) in [6.07, 6.45) is 3.58. The quantitative estimate of drug-likeness (QED) is 0.664. The van der Waals surface area contributed by atoms with Gasteiger partial charge in [-0.15, -0.1) is 0 Å². The zero-order valence-corrected chi connectivity index (χ0v) is 9.15. The minimum Gasteiger partial charge on any atom is -0.354 e. The number of halogens is 1. The van der Waals surface area contributed by atoms with Crippen molar-refractivity contribution in [3.63, 3.8) is 0 Å². The molecule has 2 rings (SSSR count). The SMILES string of the molecule is CC1CCN(c2cc(F)ncn2)C(C)C1. The molecule has 1 saturated heterocycles. The van der Waals surface area contributed by atoms with Gasteiger partial charge in [0.05, 0.1) is 0 Å². The Morgan fingerprint density at radius 3 is 2.87 bits per heavy atom. The molecule has 1 aromatic heterocycles. The van der Waals surface area contributed by atoms with E-state index in [9.17, 15) is 4.39 Å². The summed E-state index contributed by atoms with van der Waals surface area (Å²) in [6.45, 7) is 5.38. The first-order valence-electron chi connectivity index (χ1n) is 5.41. The van der Waals surface area contributed by atoms with E-state index in [-0.39, 0.29) is 0 Å². The van der Waals surface area contributed by atoms with Crippen LogP contribution in [-0.2, 0) is 0 Å². The predicted molar refractivity (Wildman–Crippen MR) is 57.2 cm³/mol. The summed E-state index contributed by atoms with van der Waals surface area (Å²) in [7, 11) is 0. The molecule has 0 N–H and O–H groups in total. The van der Waals surface area contributed by atoms with Gasteiger partial charge in [0.15, 0.2) is 0 Å². The molecule has 1 aliphatic rings. The van der Waals surface area contributed by atoms with Crippen molar-refractivity contribution in [3.05, 3.63) is 18.3 Å². The van der Waals surface area contributed by atoms with Crippen molar-refractivity contribution in [2.24, 2.45) is 5.92 Å². The summed E-state index contributed by atoms with van der Waals surface area (Å²) < 4.78 is 12.9. The summed E-state index contributed by atoms with van der Waals surface area (Å²) in [5.74, 6) is 1.01. The summed E-state index contributed by atoms with van der Waals surface area (Å²) in [6, 6.07) is 1.84. The van der Waals surface area contributed by atoms with Gasteiger partial charge in [0, 0.05) is 18.7 Å². The fraction of sp³-hybridized carbons (Fsp3) is 0.636. The summed E-state index contributed by atoms with van der Waals surface area (Å²) in [4.78, 5) is 9.74. The van der Waals surface area contributed by atoms with Gasteiger partial charge in [0.25, 0.3) is 0 Å². The van der Waals surface area contributed by atoms with Gasteiger partial charge in [-0.05, 0) is 25.7 Å². The largest absolute Gasteiger partial charge is 0.354 e. The lowest BCUT2D eigenvalue weighted by atomic mass is 9.93. The highest BCUT2D eigenvalue weighted by molar-refractivity contribution is 5.38. The summed E-state index contributed by atoms with van der Waals surface area (Å²) in [5, 5.41) is 0. The van der Waals surface area contributed by atoms with Crippen molar-refractivity contribution in [1.82, 2.24) is 9.97 Å². The third kappa shape index (κ3) is 2.25. The molecule has 1 aromatic rings. The third-order valence-electron chi connectivity index (χ3n) is 3.05. The second-order valence-electron chi connectivity index (χ2n) is 4.37. The van der Waals surface area contributed by atoms with Crippen molar-refractivity contribution in [3.8, 4) is 0 Å². The number of nitrogens with zero attached hydrogens (tertiary/aromatic N) is 3. The first kappa shape index (κ1) is 10.3. The van der Waals surface area contributed by atoms with Crippen LogP contribution in [0, 0.1) is 11.9 Å². The summed E-state index contributed by atoms with van der Waals surface area (Å²) in [5.41, 5.74) is 0. The molecule has 0 aromatic carbocycles. The van der Waals surface area contributed by atoms with Crippen LogP contribution in [-0.4, -0.2) is 22.6 Å². The Hall–Kier alpha value is -1.19. The number of hydrogen-bond donors (Lipinski definition) is 0. The van der Waals surface area contributed by atoms with Gasteiger partial charge in [0.2, 0.25) is 5.95 Å². The van der Waals surface area contributed by atoms with E-state index in [1.54, 1.807) is 0 Å². The van der Waals surface area contributed by atoms with Crippen LogP contribution < -0.4 is 4.90 Å². The van der Waals surface area contributed by atoms with Crippen molar-refractivity contribution >= 4 is 5.82 Å². The summed E-state index contributed by atoms with van der Waals surface area (Å²) >= 11 is 0. The molecule has 2 unspecified atom stereocenters. The van der Waals surface area contributed by atoms with Gasteiger partial charge >= 0.3 is 0 Å².